The number of benzene rings is 1. The first-order valence-electron chi connectivity index (χ1n) is 5.14. The highest BCUT2D eigenvalue weighted by Gasteiger charge is 2.13. The summed E-state index contributed by atoms with van der Waals surface area (Å²) < 4.78 is 13.4. The van der Waals surface area contributed by atoms with E-state index in [-0.39, 0.29) is 11.6 Å². The van der Waals surface area contributed by atoms with E-state index in [0.29, 0.717) is 12.2 Å². The maximum Gasteiger partial charge on any atom is 0.242 e. The molecule has 0 saturated heterocycles. The molecule has 0 radical (unpaired) electrons. The summed E-state index contributed by atoms with van der Waals surface area (Å²) in [5.41, 5.74) is 6.05. The lowest BCUT2D eigenvalue weighted by Gasteiger charge is -2.15. The Kier molecular flexibility index (Phi) is 4.10. The van der Waals surface area contributed by atoms with Gasteiger partial charge in [0.15, 0.2) is 0 Å². The summed E-state index contributed by atoms with van der Waals surface area (Å²) in [5.74, 6) is -0.630. The Morgan fingerprint density at radius 3 is 2.81 bits per heavy atom. The highest BCUT2D eigenvalue weighted by atomic mass is 19.1. The molecule has 1 rings (SSSR count). The van der Waals surface area contributed by atoms with E-state index in [1.807, 2.05) is 6.92 Å². The minimum atomic E-state index is -0.488. The average Bonchev–Trinajstić information content (AvgIpc) is 2.22. The van der Waals surface area contributed by atoms with E-state index in [1.54, 1.807) is 13.0 Å². The Balaban J connectivity index is 2.69. The zero-order valence-electron chi connectivity index (χ0n) is 9.38. The Labute approximate surface area is 94.0 Å². The van der Waals surface area contributed by atoms with Crippen molar-refractivity contribution in [3.63, 3.8) is 0 Å². The molecule has 1 aromatic carbocycles. The molecule has 0 aliphatic heterocycles. The SMILES string of the molecule is CCNC(=O)C(C)Nc1ccc(N)cc1F. The molecule has 0 bridgehead atoms. The fourth-order valence-corrected chi connectivity index (χ4v) is 1.27. The summed E-state index contributed by atoms with van der Waals surface area (Å²) in [7, 11) is 0. The lowest BCUT2D eigenvalue weighted by Crippen LogP contribution is -2.37. The van der Waals surface area contributed by atoms with Crippen LogP contribution in [-0.2, 0) is 4.79 Å². The topological polar surface area (TPSA) is 67.2 Å². The third-order valence-electron chi connectivity index (χ3n) is 2.11. The number of hydrogen-bond donors (Lipinski definition) is 3. The number of hydrogen-bond acceptors (Lipinski definition) is 3. The molecule has 0 aliphatic carbocycles. The highest BCUT2D eigenvalue weighted by Crippen LogP contribution is 2.17. The standard InChI is InChI=1S/C11H16FN3O/c1-3-14-11(16)7(2)15-10-5-4-8(13)6-9(10)12/h4-7,15H,3,13H2,1-2H3,(H,14,16). The molecule has 4 N–H and O–H groups in total. The first-order valence-corrected chi connectivity index (χ1v) is 5.14. The smallest absolute Gasteiger partial charge is 0.242 e. The van der Waals surface area contributed by atoms with Gasteiger partial charge in [0.25, 0.3) is 0 Å². The molecule has 0 fully saturated rings. The van der Waals surface area contributed by atoms with Gasteiger partial charge in [-0.3, -0.25) is 4.79 Å². The molecular weight excluding hydrogens is 209 g/mol. The number of nitrogens with one attached hydrogen (secondary N) is 2. The lowest BCUT2D eigenvalue weighted by atomic mass is 10.2. The summed E-state index contributed by atoms with van der Waals surface area (Å²) in [6.45, 7) is 4.05. The monoisotopic (exact) mass is 225 g/mol. The second-order valence-corrected chi connectivity index (χ2v) is 3.50. The van der Waals surface area contributed by atoms with Gasteiger partial charge >= 0.3 is 0 Å². The molecule has 1 atom stereocenters. The molecule has 1 unspecified atom stereocenters. The molecule has 4 nitrogen and oxygen atoms in total. The minimum Gasteiger partial charge on any atom is -0.399 e. The van der Waals surface area contributed by atoms with Gasteiger partial charge in [-0.15, -0.1) is 0 Å². The van der Waals surface area contributed by atoms with E-state index >= 15 is 0 Å². The second-order valence-electron chi connectivity index (χ2n) is 3.50. The molecule has 16 heavy (non-hydrogen) atoms. The van der Waals surface area contributed by atoms with Gasteiger partial charge in [0, 0.05) is 12.2 Å². The lowest BCUT2D eigenvalue weighted by molar-refractivity contribution is -0.121. The van der Waals surface area contributed by atoms with Crippen LogP contribution < -0.4 is 16.4 Å². The fourth-order valence-electron chi connectivity index (χ4n) is 1.27. The Hall–Kier alpha value is -1.78. The largest absolute Gasteiger partial charge is 0.399 e. The van der Waals surface area contributed by atoms with E-state index in [9.17, 15) is 9.18 Å². The molecule has 0 aliphatic rings. The molecule has 5 heteroatoms. The van der Waals surface area contributed by atoms with Crippen LogP contribution in [0.25, 0.3) is 0 Å². The average molecular weight is 225 g/mol. The van der Waals surface area contributed by atoms with E-state index < -0.39 is 11.9 Å². The van der Waals surface area contributed by atoms with E-state index in [1.165, 1.54) is 12.1 Å². The van der Waals surface area contributed by atoms with Crippen molar-refractivity contribution in [3.8, 4) is 0 Å². The van der Waals surface area contributed by atoms with Crippen molar-refractivity contribution in [2.75, 3.05) is 17.6 Å². The number of carbonyl (C=O) groups excluding carboxylic acids is 1. The van der Waals surface area contributed by atoms with Crippen molar-refractivity contribution in [2.45, 2.75) is 19.9 Å². The predicted octanol–water partition coefficient (Wildman–Crippen LogP) is 1.34. The maximum atomic E-state index is 13.4. The first-order chi connectivity index (χ1) is 7.54. The number of likely N-dealkylation sites (N-methyl/N-ethyl adjacent to an activating group) is 1. The molecule has 0 spiro atoms. The summed E-state index contributed by atoms with van der Waals surface area (Å²) in [5, 5.41) is 5.43. The number of rotatable bonds is 4. The number of halogens is 1. The van der Waals surface area contributed by atoms with Crippen molar-refractivity contribution < 1.29 is 9.18 Å². The van der Waals surface area contributed by atoms with Crippen LogP contribution >= 0.6 is 0 Å². The van der Waals surface area contributed by atoms with Crippen LogP contribution in [0.5, 0.6) is 0 Å². The van der Waals surface area contributed by atoms with Crippen molar-refractivity contribution in [1.29, 1.82) is 0 Å². The van der Waals surface area contributed by atoms with Gasteiger partial charge in [-0.05, 0) is 32.0 Å². The summed E-state index contributed by atoms with van der Waals surface area (Å²) in [6, 6.07) is 3.82. The minimum absolute atomic E-state index is 0.168. The summed E-state index contributed by atoms with van der Waals surface area (Å²) in [4.78, 5) is 11.4. The van der Waals surface area contributed by atoms with Crippen molar-refractivity contribution in [2.24, 2.45) is 0 Å². The third kappa shape index (κ3) is 3.12. The van der Waals surface area contributed by atoms with Gasteiger partial charge in [0.1, 0.15) is 11.9 Å². The van der Waals surface area contributed by atoms with Gasteiger partial charge in [-0.2, -0.15) is 0 Å². The summed E-state index contributed by atoms with van der Waals surface area (Å²) >= 11 is 0. The Bertz CT molecular complexity index is 381. The summed E-state index contributed by atoms with van der Waals surface area (Å²) in [6.07, 6.45) is 0. The molecule has 1 aromatic rings. The van der Waals surface area contributed by atoms with Crippen LogP contribution in [0.1, 0.15) is 13.8 Å². The van der Waals surface area contributed by atoms with Gasteiger partial charge in [0.2, 0.25) is 5.91 Å². The third-order valence-corrected chi connectivity index (χ3v) is 2.11. The number of anilines is 2. The van der Waals surface area contributed by atoms with Gasteiger partial charge in [0.05, 0.1) is 5.69 Å². The number of nitrogens with two attached hydrogens (primary N) is 1. The van der Waals surface area contributed by atoms with Crippen LogP contribution in [0.3, 0.4) is 0 Å². The van der Waals surface area contributed by atoms with Crippen LogP contribution in [-0.4, -0.2) is 18.5 Å². The molecule has 1 amide bonds. The van der Waals surface area contributed by atoms with Gasteiger partial charge < -0.3 is 16.4 Å². The molecule has 88 valence electrons. The van der Waals surface area contributed by atoms with Crippen LogP contribution in [0.15, 0.2) is 18.2 Å². The van der Waals surface area contributed by atoms with Gasteiger partial charge in [-0.25, -0.2) is 4.39 Å². The number of amides is 1. The molecule has 0 aromatic heterocycles. The zero-order valence-corrected chi connectivity index (χ0v) is 9.38. The molecule has 0 heterocycles. The number of carbonyl (C=O) groups is 1. The Morgan fingerprint density at radius 2 is 2.25 bits per heavy atom. The quantitative estimate of drug-likeness (QED) is 0.677. The van der Waals surface area contributed by atoms with Crippen molar-refractivity contribution in [1.82, 2.24) is 5.32 Å². The predicted molar refractivity (Wildman–Crippen MR) is 62.6 cm³/mol. The van der Waals surface area contributed by atoms with Crippen LogP contribution in [0.4, 0.5) is 15.8 Å². The fraction of sp³-hybridized carbons (Fsp3) is 0.364. The molecule has 0 saturated carbocycles. The normalized spacial score (nSPS) is 11.9. The van der Waals surface area contributed by atoms with Gasteiger partial charge in [-0.1, -0.05) is 0 Å². The highest BCUT2D eigenvalue weighted by molar-refractivity contribution is 5.84. The van der Waals surface area contributed by atoms with E-state index in [0.717, 1.165) is 0 Å². The first kappa shape index (κ1) is 12.3. The van der Waals surface area contributed by atoms with E-state index in [2.05, 4.69) is 10.6 Å². The maximum absolute atomic E-state index is 13.4. The van der Waals surface area contributed by atoms with Crippen molar-refractivity contribution in [3.05, 3.63) is 24.0 Å². The molecular formula is C11H16FN3O. The zero-order chi connectivity index (χ0) is 12.1. The van der Waals surface area contributed by atoms with Crippen LogP contribution in [0, 0.1) is 5.82 Å². The number of nitrogen functional groups attached to an aromatic ring is 1. The van der Waals surface area contributed by atoms with Crippen LogP contribution in [0.2, 0.25) is 0 Å². The van der Waals surface area contributed by atoms with E-state index in [4.69, 9.17) is 5.73 Å². The second kappa shape index (κ2) is 5.34. The van der Waals surface area contributed by atoms with Crippen molar-refractivity contribution >= 4 is 17.3 Å². The Morgan fingerprint density at radius 1 is 1.56 bits per heavy atom.